The number of anilines is 1. The molecule has 26 heavy (non-hydrogen) atoms. The highest BCUT2D eigenvalue weighted by Gasteiger charge is 2.42. The summed E-state index contributed by atoms with van der Waals surface area (Å²) in [4.78, 5) is 19.9. The van der Waals surface area contributed by atoms with Crippen LogP contribution in [0.3, 0.4) is 0 Å². The first-order valence-corrected chi connectivity index (χ1v) is 10.1. The van der Waals surface area contributed by atoms with Gasteiger partial charge in [-0.15, -0.1) is 0 Å². The largest absolute Gasteiger partial charge is 0.381 e. The Morgan fingerprint density at radius 3 is 2.54 bits per heavy atom. The fourth-order valence-corrected chi connectivity index (χ4v) is 4.86. The van der Waals surface area contributed by atoms with Crippen molar-refractivity contribution >= 4 is 23.2 Å². The maximum atomic E-state index is 13.1. The van der Waals surface area contributed by atoms with Crippen molar-refractivity contribution in [1.29, 1.82) is 0 Å². The van der Waals surface area contributed by atoms with E-state index in [-0.39, 0.29) is 11.4 Å². The Balaban J connectivity index is 1.51. The molecule has 5 nitrogen and oxygen atoms in total. The van der Waals surface area contributed by atoms with Gasteiger partial charge < -0.3 is 14.5 Å². The molecular weight excluding hydrogens is 350 g/mol. The third kappa shape index (κ3) is 3.32. The molecule has 0 radical (unpaired) electrons. The Labute approximate surface area is 160 Å². The number of rotatable bonds is 2. The average Bonchev–Trinajstić information content (AvgIpc) is 3.18. The molecule has 1 aromatic carbocycles. The summed E-state index contributed by atoms with van der Waals surface area (Å²) in [5.74, 6) is 0.0961. The van der Waals surface area contributed by atoms with E-state index in [1.165, 1.54) is 12.8 Å². The number of ether oxygens (including phenoxy) is 1. The van der Waals surface area contributed by atoms with E-state index in [1.807, 2.05) is 23.1 Å². The second kappa shape index (κ2) is 7.37. The molecule has 0 atom stereocenters. The molecule has 4 rings (SSSR count). The number of likely N-dealkylation sites (N-methyl/N-ethyl adjacent to an activating group) is 1. The first-order chi connectivity index (χ1) is 12.6. The highest BCUT2D eigenvalue weighted by molar-refractivity contribution is 6.33. The van der Waals surface area contributed by atoms with Crippen molar-refractivity contribution in [1.82, 2.24) is 9.80 Å². The normalized spacial score (nSPS) is 23.6. The monoisotopic (exact) mass is 377 g/mol. The van der Waals surface area contributed by atoms with Crippen molar-refractivity contribution in [2.75, 3.05) is 57.9 Å². The van der Waals surface area contributed by atoms with Crippen LogP contribution < -0.4 is 4.90 Å². The van der Waals surface area contributed by atoms with Crippen molar-refractivity contribution in [3.8, 4) is 0 Å². The van der Waals surface area contributed by atoms with Gasteiger partial charge >= 0.3 is 0 Å². The predicted molar refractivity (Wildman–Crippen MR) is 104 cm³/mol. The zero-order chi connectivity index (χ0) is 18.1. The zero-order valence-corrected chi connectivity index (χ0v) is 16.3. The van der Waals surface area contributed by atoms with Gasteiger partial charge in [-0.1, -0.05) is 11.6 Å². The van der Waals surface area contributed by atoms with Crippen LogP contribution in [-0.2, 0) is 4.74 Å². The fraction of sp³-hybridized carbons (Fsp3) is 0.650. The molecule has 1 amide bonds. The lowest BCUT2D eigenvalue weighted by Crippen LogP contribution is -2.63. The Kier molecular flexibility index (Phi) is 5.13. The van der Waals surface area contributed by atoms with Gasteiger partial charge in [0.05, 0.1) is 10.7 Å². The highest BCUT2D eigenvalue weighted by atomic mass is 35.5. The van der Waals surface area contributed by atoms with Gasteiger partial charge in [0, 0.05) is 57.0 Å². The molecule has 1 aromatic rings. The Bertz CT molecular complexity index is 669. The molecule has 3 fully saturated rings. The number of carbonyl (C=O) groups excluding carboxylic acids is 1. The SMILES string of the molecule is CN1CCN(C(=O)c2ccc(N3CCCC3)c(Cl)c2)CC12CCOCC2. The Hall–Kier alpha value is -1.30. The van der Waals surface area contributed by atoms with Gasteiger partial charge in [0.1, 0.15) is 0 Å². The molecule has 3 heterocycles. The van der Waals surface area contributed by atoms with Crippen molar-refractivity contribution < 1.29 is 9.53 Å². The van der Waals surface area contributed by atoms with Gasteiger partial charge in [0.25, 0.3) is 5.91 Å². The molecule has 1 spiro atoms. The maximum Gasteiger partial charge on any atom is 0.254 e. The van der Waals surface area contributed by atoms with Gasteiger partial charge in [-0.25, -0.2) is 0 Å². The summed E-state index contributed by atoms with van der Waals surface area (Å²) in [6.07, 6.45) is 4.40. The van der Waals surface area contributed by atoms with Gasteiger partial charge in [0.15, 0.2) is 0 Å². The second-order valence-corrected chi connectivity index (χ2v) is 8.25. The van der Waals surface area contributed by atoms with Gasteiger partial charge in [-0.2, -0.15) is 0 Å². The van der Waals surface area contributed by atoms with Crippen LogP contribution in [0.4, 0.5) is 5.69 Å². The maximum absolute atomic E-state index is 13.1. The third-order valence-electron chi connectivity index (χ3n) is 6.35. The topological polar surface area (TPSA) is 36.0 Å². The lowest BCUT2D eigenvalue weighted by atomic mass is 9.85. The van der Waals surface area contributed by atoms with Crippen LogP contribution in [0.15, 0.2) is 18.2 Å². The number of benzene rings is 1. The lowest BCUT2D eigenvalue weighted by molar-refractivity contribution is -0.0543. The van der Waals surface area contributed by atoms with Gasteiger partial charge in [0.2, 0.25) is 0 Å². The summed E-state index contributed by atoms with van der Waals surface area (Å²) < 4.78 is 5.55. The minimum atomic E-state index is 0.0610. The first-order valence-electron chi connectivity index (χ1n) is 9.72. The number of amides is 1. The summed E-state index contributed by atoms with van der Waals surface area (Å²) in [5, 5.41) is 0.688. The van der Waals surface area contributed by atoms with Crippen molar-refractivity contribution in [3.63, 3.8) is 0 Å². The van der Waals surface area contributed by atoms with Crippen LogP contribution in [0.1, 0.15) is 36.0 Å². The molecular formula is C20H28ClN3O2. The summed E-state index contributed by atoms with van der Waals surface area (Å²) in [6, 6.07) is 5.81. The number of piperazine rings is 1. The van der Waals surface area contributed by atoms with E-state index < -0.39 is 0 Å². The molecule has 0 bridgehead atoms. The van der Waals surface area contributed by atoms with Crippen LogP contribution in [-0.4, -0.2) is 74.2 Å². The van der Waals surface area contributed by atoms with Crippen LogP contribution in [0.25, 0.3) is 0 Å². The van der Waals surface area contributed by atoms with E-state index in [4.69, 9.17) is 16.3 Å². The third-order valence-corrected chi connectivity index (χ3v) is 6.66. The minimum Gasteiger partial charge on any atom is -0.381 e. The minimum absolute atomic E-state index is 0.0610. The summed E-state index contributed by atoms with van der Waals surface area (Å²) in [6.45, 7) is 6.11. The molecule has 6 heteroatoms. The van der Waals surface area contributed by atoms with Crippen molar-refractivity contribution in [3.05, 3.63) is 28.8 Å². The van der Waals surface area contributed by atoms with E-state index in [2.05, 4.69) is 16.8 Å². The first kappa shape index (κ1) is 18.1. The average molecular weight is 378 g/mol. The number of hydrogen-bond donors (Lipinski definition) is 0. The van der Waals surface area contributed by atoms with Gasteiger partial charge in [-0.3, -0.25) is 9.69 Å². The predicted octanol–water partition coefficient (Wildman–Crippen LogP) is 2.88. The van der Waals surface area contributed by atoms with Crippen LogP contribution in [0, 0.1) is 0 Å². The molecule has 3 aliphatic rings. The molecule has 3 aliphatic heterocycles. The Morgan fingerprint density at radius 2 is 1.85 bits per heavy atom. The molecule has 3 saturated heterocycles. The summed E-state index contributed by atoms with van der Waals surface area (Å²) in [7, 11) is 2.18. The summed E-state index contributed by atoms with van der Waals surface area (Å²) >= 11 is 6.52. The smallest absolute Gasteiger partial charge is 0.254 e. The number of carbonyl (C=O) groups is 1. The second-order valence-electron chi connectivity index (χ2n) is 7.85. The van der Waals surface area contributed by atoms with E-state index in [0.717, 1.165) is 64.5 Å². The number of halogens is 1. The molecule has 0 N–H and O–H groups in total. The van der Waals surface area contributed by atoms with E-state index in [1.54, 1.807) is 0 Å². The van der Waals surface area contributed by atoms with E-state index in [0.29, 0.717) is 10.6 Å². The van der Waals surface area contributed by atoms with Crippen LogP contribution >= 0.6 is 11.6 Å². The zero-order valence-electron chi connectivity index (χ0n) is 15.5. The molecule has 0 unspecified atom stereocenters. The van der Waals surface area contributed by atoms with Crippen molar-refractivity contribution in [2.24, 2.45) is 0 Å². The standard InChI is InChI=1S/C20H28ClN3O2/c1-22-10-11-24(15-20(22)6-12-26-13-7-20)19(25)16-4-5-18(17(21)14-16)23-8-2-3-9-23/h4-5,14H,2-3,6-13,15H2,1H3. The molecule has 142 valence electrons. The van der Waals surface area contributed by atoms with E-state index >= 15 is 0 Å². The number of nitrogens with zero attached hydrogens (tertiary/aromatic N) is 3. The highest BCUT2D eigenvalue weighted by Crippen LogP contribution is 2.33. The lowest BCUT2D eigenvalue weighted by Gasteiger charge is -2.51. The molecule has 0 aliphatic carbocycles. The van der Waals surface area contributed by atoms with Gasteiger partial charge in [-0.05, 0) is 50.9 Å². The molecule has 0 aromatic heterocycles. The molecule has 0 saturated carbocycles. The fourth-order valence-electron chi connectivity index (χ4n) is 4.56. The number of hydrogen-bond acceptors (Lipinski definition) is 4. The summed E-state index contributed by atoms with van der Waals surface area (Å²) in [5.41, 5.74) is 1.82. The van der Waals surface area contributed by atoms with Crippen LogP contribution in [0.5, 0.6) is 0 Å². The quantitative estimate of drug-likeness (QED) is 0.794. The van der Waals surface area contributed by atoms with Crippen molar-refractivity contribution in [2.45, 2.75) is 31.2 Å². The Morgan fingerprint density at radius 1 is 1.12 bits per heavy atom. The van der Waals surface area contributed by atoms with Crippen LogP contribution in [0.2, 0.25) is 5.02 Å². The van der Waals surface area contributed by atoms with E-state index in [9.17, 15) is 4.79 Å².